The smallest absolute Gasteiger partial charge is 0.195 e. The van der Waals surface area contributed by atoms with Crippen molar-refractivity contribution >= 4 is 45.6 Å². The normalized spacial score (nSPS) is 11.4. The van der Waals surface area contributed by atoms with Crippen molar-refractivity contribution in [1.29, 1.82) is 0 Å². The molecule has 0 amide bonds. The molecule has 0 bridgehead atoms. The lowest BCUT2D eigenvalue weighted by Crippen LogP contribution is -2.22. The van der Waals surface area contributed by atoms with Gasteiger partial charge in [0, 0.05) is 11.6 Å². The molecule has 0 aliphatic rings. The van der Waals surface area contributed by atoms with Gasteiger partial charge < -0.3 is 20.5 Å². The van der Waals surface area contributed by atoms with E-state index in [1.807, 2.05) is 23.6 Å². The number of ether oxygens (including phenoxy) is 2. The zero-order valence-electron chi connectivity index (χ0n) is 15.1. The van der Waals surface area contributed by atoms with Crippen LogP contribution in [0.2, 0.25) is 10.0 Å². The van der Waals surface area contributed by atoms with Crippen LogP contribution in [-0.2, 0) is 6.54 Å². The maximum absolute atomic E-state index is 6.18. The second-order valence-electron chi connectivity index (χ2n) is 5.49. The summed E-state index contributed by atoms with van der Waals surface area (Å²) in [7, 11) is 3.19. The van der Waals surface area contributed by atoms with Gasteiger partial charge in [0.05, 0.1) is 36.4 Å². The maximum Gasteiger partial charge on any atom is 0.195 e. The highest BCUT2D eigenvalue weighted by Crippen LogP contribution is 2.31. The number of nitrogens with two attached hydrogens (primary N) is 1. The quantitative estimate of drug-likeness (QED) is 0.436. The van der Waals surface area contributed by atoms with Crippen LogP contribution in [0, 0.1) is 0 Å². The molecular formula is C18H17Cl2N5O2S. The predicted molar refractivity (Wildman–Crippen MR) is 114 cm³/mol. The van der Waals surface area contributed by atoms with Gasteiger partial charge in [-0.1, -0.05) is 29.3 Å². The molecule has 0 aliphatic heterocycles. The highest BCUT2D eigenvalue weighted by atomic mass is 35.5. The topological polar surface area (TPSA) is 94.7 Å². The minimum atomic E-state index is 0.212. The Bertz CT molecular complexity index is 987. The molecule has 0 saturated carbocycles. The van der Waals surface area contributed by atoms with Gasteiger partial charge in [-0.2, -0.15) is 0 Å². The lowest BCUT2D eigenvalue weighted by molar-refractivity contribution is 0.385. The minimum Gasteiger partial charge on any atom is -0.496 e. The van der Waals surface area contributed by atoms with Gasteiger partial charge in [-0.25, -0.2) is 9.98 Å². The summed E-state index contributed by atoms with van der Waals surface area (Å²) in [6, 6.07) is 7.15. The van der Waals surface area contributed by atoms with E-state index in [1.165, 1.54) is 17.5 Å². The molecule has 0 unspecified atom stereocenters. The summed E-state index contributed by atoms with van der Waals surface area (Å²) < 4.78 is 10.7. The van der Waals surface area contributed by atoms with Crippen LogP contribution in [0.3, 0.4) is 0 Å². The summed E-state index contributed by atoms with van der Waals surface area (Å²) in [6.07, 6.45) is 1.52. The summed E-state index contributed by atoms with van der Waals surface area (Å²) in [5.74, 6) is 1.57. The number of hydrogen-bond donors (Lipinski definition) is 2. The van der Waals surface area contributed by atoms with E-state index < -0.39 is 0 Å². The van der Waals surface area contributed by atoms with Gasteiger partial charge in [0.15, 0.2) is 11.1 Å². The molecule has 3 N–H and O–H groups in total. The van der Waals surface area contributed by atoms with Gasteiger partial charge in [-0.15, -0.1) is 11.3 Å². The Morgan fingerprint density at radius 1 is 1.25 bits per heavy atom. The molecule has 10 heteroatoms. The molecule has 0 atom stereocenters. The summed E-state index contributed by atoms with van der Waals surface area (Å²) in [5.41, 5.74) is 7.96. The first-order chi connectivity index (χ1) is 13.5. The fraction of sp³-hybridized carbons (Fsp3) is 0.167. The van der Waals surface area contributed by atoms with Crippen LogP contribution in [0.4, 0.5) is 5.13 Å². The number of aliphatic imine (C=N–C) groups is 1. The van der Waals surface area contributed by atoms with E-state index in [1.54, 1.807) is 20.3 Å². The molecule has 3 aromatic rings. The fourth-order valence-electron chi connectivity index (χ4n) is 2.44. The third-order valence-corrected chi connectivity index (χ3v) is 4.98. The molecule has 0 fully saturated rings. The molecule has 7 nitrogen and oxygen atoms in total. The van der Waals surface area contributed by atoms with Crippen LogP contribution in [-0.4, -0.2) is 30.1 Å². The number of nitrogens with one attached hydrogen (secondary N) is 1. The molecule has 2 heterocycles. The van der Waals surface area contributed by atoms with E-state index in [4.69, 9.17) is 38.4 Å². The molecule has 28 heavy (non-hydrogen) atoms. The van der Waals surface area contributed by atoms with Crippen molar-refractivity contribution < 1.29 is 9.47 Å². The molecule has 0 radical (unpaired) electrons. The molecule has 3 rings (SSSR count). The van der Waals surface area contributed by atoms with Crippen LogP contribution in [0.15, 0.2) is 40.8 Å². The number of methoxy groups -OCH3 is 2. The number of nitrogens with zero attached hydrogens (tertiary/aromatic N) is 3. The Hall–Kier alpha value is -2.55. The second kappa shape index (κ2) is 9.09. The molecule has 0 saturated heterocycles. The van der Waals surface area contributed by atoms with Crippen molar-refractivity contribution in [3.8, 4) is 22.9 Å². The van der Waals surface area contributed by atoms with Gasteiger partial charge in [-0.05, 0) is 18.2 Å². The number of hydrogen-bond acceptors (Lipinski definition) is 6. The Morgan fingerprint density at radius 2 is 1.96 bits per heavy atom. The number of pyridine rings is 1. The van der Waals surface area contributed by atoms with Crippen molar-refractivity contribution in [2.45, 2.75) is 6.54 Å². The van der Waals surface area contributed by atoms with Crippen molar-refractivity contribution in [3.63, 3.8) is 0 Å². The lowest BCUT2D eigenvalue weighted by atomic mass is 10.2. The van der Waals surface area contributed by atoms with Crippen molar-refractivity contribution in [2.75, 3.05) is 19.5 Å². The number of thiazole rings is 1. The van der Waals surface area contributed by atoms with Gasteiger partial charge in [-0.3, -0.25) is 4.98 Å². The van der Waals surface area contributed by atoms with E-state index in [9.17, 15) is 0 Å². The van der Waals surface area contributed by atoms with E-state index in [2.05, 4.69) is 20.3 Å². The van der Waals surface area contributed by atoms with Gasteiger partial charge >= 0.3 is 0 Å². The fourth-order valence-corrected chi connectivity index (χ4v) is 3.62. The first-order valence-electron chi connectivity index (χ1n) is 8.05. The van der Waals surface area contributed by atoms with Crippen LogP contribution in [0.1, 0.15) is 5.56 Å². The molecule has 1 aromatic carbocycles. The van der Waals surface area contributed by atoms with Crippen molar-refractivity contribution in [3.05, 3.63) is 51.5 Å². The van der Waals surface area contributed by atoms with Gasteiger partial charge in [0.1, 0.15) is 22.9 Å². The third-order valence-electron chi connectivity index (χ3n) is 3.73. The van der Waals surface area contributed by atoms with Crippen molar-refractivity contribution in [1.82, 2.24) is 9.97 Å². The monoisotopic (exact) mass is 437 g/mol. The highest BCUT2D eigenvalue weighted by Gasteiger charge is 2.12. The van der Waals surface area contributed by atoms with E-state index in [0.29, 0.717) is 38.1 Å². The van der Waals surface area contributed by atoms with Crippen LogP contribution >= 0.6 is 34.5 Å². The van der Waals surface area contributed by atoms with E-state index in [-0.39, 0.29) is 12.5 Å². The SMILES string of the molecule is COc1cccc(OC)c1CN=C(N)Nc1nc(-c2ncc(Cl)cc2Cl)cs1. The average Bonchev–Trinajstić information content (AvgIpc) is 3.13. The van der Waals surface area contributed by atoms with Crippen LogP contribution in [0.5, 0.6) is 11.5 Å². The molecular weight excluding hydrogens is 421 g/mol. The zero-order chi connectivity index (χ0) is 20.1. The lowest BCUT2D eigenvalue weighted by Gasteiger charge is -2.11. The predicted octanol–water partition coefficient (Wildman–Crippen LogP) is 4.46. The number of anilines is 1. The number of halogens is 2. The number of benzene rings is 1. The second-order valence-corrected chi connectivity index (χ2v) is 7.19. The average molecular weight is 438 g/mol. The summed E-state index contributed by atoms with van der Waals surface area (Å²) in [4.78, 5) is 13.0. The molecule has 2 aromatic heterocycles. The summed E-state index contributed by atoms with van der Waals surface area (Å²) >= 11 is 13.4. The van der Waals surface area contributed by atoms with Crippen LogP contribution in [0.25, 0.3) is 11.4 Å². The van der Waals surface area contributed by atoms with Crippen molar-refractivity contribution in [2.24, 2.45) is 10.7 Å². The zero-order valence-corrected chi connectivity index (χ0v) is 17.4. The number of aromatic nitrogens is 2. The Kier molecular flexibility index (Phi) is 6.56. The first-order valence-corrected chi connectivity index (χ1v) is 9.69. The molecule has 146 valence electrons. The van der Waals surface area contributed by atoms with Gasteiger partial charge in [0.2, 0.25) is 0 Å². The number of guanidine groups is 1. The summed E-state index contributed by atoms with van der Waals surface area (Å²) in [5, 5.41) is 6.24. The Balaban J connectivity index is 1.74. The Labute approximate surface area is 176 Å². The maximum atomic E-state index is 6.18. The summed E-state index contributed by atoms with van der Waals surface area (Å²) in [6.45, 7) is 0.287. The third kappa shape index (κ3) is 4.64. The number of rotatable bonds is 6. The minimum absolute atomic E-state index is 0.212. The van der Waals surface area contributed by atoms with E-state index in [0.717, 1.165) is 5.56 Å². The Morgan fingerprint density at radius 3 is 2.61 bits per heavy atom. The molecule has 0 spiro atoms. The first kappa shape index (κ1) is 20.2. The standard InChI is InChI=1S/C18H17Cl2N5O2S/c1-26-14-4-3-5-15(27-2)11(14)8-23-17(21)25-18-24-13(9-28-18)16-12(20)6-10(19)7-22-16/h3-7,9H,8H2,1-2H3,(H3,21,23,24,25). The van der Waals surface area contributed by atoms with Gasteiger partial charge in [0.25, 0.3) is 0 Å². The highest BCUT2D eigenvalue weighted by molar-refractivity contribution is 7.14. The largest absolute Gasteiger partial charge is 0.496 e. The molecule has 0 aliphatic carbocycles. The van der Waals surface area contributed by atoms with Crippen LogP contribution < -0.4 is 20.5 Å². The van der Waals surface area contributed by atoms with E-state index >= 15 is 0 Å².